The summed E-state index contributed by atoms with van der Waals surface area (Å²) in [6.45, 7) is 19.8. The van der Waals surface area contributed by atoms with Gasteiger partial charge in [-0.3, -0.25) is 0 Å². The quantitative estimate of drug-likeness (QED) is 0.398. The second-order valence-corrected chi connectivity index (χ2v) is 28.1. The Morgan fingerprint density at radius 1 is 0.792 bits per heavy atom. The van der Waals surface area contributed by atoms with Crippen LogP contribution in [0.1, 0.15) is 41.5 Å². The van der Waals surface area contributed by atoms with E-state index in [4.69, 9.17) is 0 Å². The fraction of sp³-hybridized carbons (Fsp3) is 0.636. The third-order valence-corrected chi connectivity index (χ3v) is 24.8. The summed E-state index contributed by atoms with van der Waals surface area (Å²) in [4.78, 5) is 5.52. The molecule has 0 spiro atoms. The van der Waals surface area contributed by atoms with Gasteiger partial charge in [0.2, 0.25) is 0 Å². The van der Waals surface area contributed by atoms with Crippen molar-refractivity contribution in [2.24, 2.45) is 11.8 Å². The van der Waals surface area contributed by atoms with Gasteiger partial charge in [-0.2, -0.15) is 0 Å². The minimum atomic E-state index is -2.40. The van der Waals surface area contributed by atoms with E-state index in [9.17, 15) is 0 Å². The first-order valence-corrected chi connectivity index (χ1v) is 21.8. The molecule has 0 radical (unpaired) electrons. The van der Waals surface area contributed by atoms with Crippen molar-refractivity contribution in [3.63, 3.8) is 0 Å². The SMILES string of the molecule is CC1=C2[C@@H](C(C(C)C)=C1)[Sn]([CH3])([CH3])[C@H]1C(C(C)C)=CC(C)=C1[Si]2(C)C. The van der Waals surface area contributed by atoms with Gasteiger partial charge in [-0.05, 0) is 0 Å². The topological polar surface area (TPSA) is 0 Å². The molecule has 3 rings (SSSR count). The van der Waals surface area contributed by atoms with Crippen molar-refractivity contribution in [1.82, 2.24) is 0 Å². The van der Waals surface area contributed by atoms with Crippen LogP contribution in [-0.2, 0) is 0 Å². The first-order chi connectivity index (χ1) is 10.9. The van der Waals surface area contributed by atoms with Crippen LogP contribution in [0.4, 0.5) is 0 Å². The third-order valence-electron chi connectivity index (χ3n) is 7.03. The molecule has 0 amide bonds. The Hall–Kier alpha value is -0.0244. The van der Waals surface area contributed by atoms with Crippen molar-refractivity contribution in [3.8, 4) is 0 Å². The second kappa shape index (κ2) is 5.74. The molecule has 1 fully saturated rings. The summed E-state index contributed by atoms with van der Waals surface area (Å²) in [6, 6.07) is 0. The summed E-state index contributed by atoms with van der Waals surface area (Å²) >= 11 is -2.40. The van der Waals surface area contributed by atoms with Crippen molar-refractivity contribution in [2.75, 3.05) is 0 Å². The molecule has 0 bridgehead atoms. The molecule has 3 aliphatic rings. The van der Waals surface area contributed by atoms with Gasteiger partial charge in [0.25, 0.3) is 0 Å². The van der Waals surface area contributed by atoms with Gasteiger partial charge in [-0.1, -0.05) is 0 Å². The van der Waals surface area contributed by atoms with Gasteiger partial charge in [0.15, 0.2) is 0 Å². The Bertz CT molecular complexity index is 652. The van der Waals surface area contributed by atoms with E-state index in [0.717, 1.165) is 7.87 Å². The van der Waals surface area contributed by atoms with E-state index in [-0.39, 0.29) is 0 Å². The van der Waals surface area contributed by atoms with Crippen molar-refractivity contribution >= 4 is 26.5 Å². The average molecular weight is 447 g/mol. The Kier molecular flexibility index (Phi) is 4.48. The predicted molar refractivity (Wildman–Crippen MR) is 114 cm³/mol. The number of rotatable bonds is 2. The molecular weight excluding hydrogens is 411 g/mol. The van der Waals surface area contributed by atoms with E-state index < -0.39 is 26.5 Å². The third kappa shape index (κ3) is 2.36. The molecule has 0 unspecified atom stereocenters. The minimum absolute atomic E-state index is 0.697. The summed E-state index contributed by atoms with van der Waals surface area (Å²) < 4.78 is 1.73. The number of hydrogen-bond donors (Lipinski definition) is 0. The fourth-order valence-electron chi connectivity index (χ4n) is 6.23. The van der Waals surface area contributed by atoms with Gasteiger partial charge in [0.05, 0.1) is 0 Å². The van der Waals surface area contributed by atoms with Crippen LogP contribution in [0.15, 0.2) is 44.8 Å². The molecule has 2 atom stereocenters. The molecular formula is C22H36SiSn. The monoisotopic (exact) mass is 448 g/mol. The van der Waals surface area contributed by atoms with E-state index in [1.54, 1.807) is 22.3 Å². The molecule has 132 valence electrons. The zero-order valence-corrected chi connectivity index (χ0v) is 21.3. The Morgan fingerprint density at radius 3 is 1.42 bits per heavy atom. The maximum absolute atomic E-state index is 2.76. The van der Waals surface area contributed by atoms with Gasteiger partial charge in [0, 0.05) is 0 Å². The molecule has 2 heteroatoms. The Labute approximate surface area is 155 Å². The molecule has 1 saturated heterocycles. The first-order valence-electron chi connectivity index (χ1n) is 9.77. The summed E-state index contributed by atoms with van der Waals surface area (Å²) in [5.74, 6) is 1.39. The molecule has 1 aliphatic heterocycles. The summed E-state index contributed by atoms with van der Waals surface area (Å²) in [5.41, 5.74) is 6.86. The first kappa shape index (κ1) is 18.8. The molecule has 0 aromatic heterocycles. The Balaban J connectivity index is 2.26. The fourth-order valence-corrected chi connectivity index (χ4v) is 35.4. The standard InChI is InChI=1S/C20H30Si.2CH3.Sn/c1-13(2)17-9-15(5)19(11-17)21(7,8)20-12-18(14(3)4)10-16(20)6;;;/h9-14H,1-8H3;2*1H3;. The molecule has 0 N–H and O–H groups in total. The molecule has 0 aromatic rings. The molecule has 0 saturated carbocycles. The van der Waals surface area contributed by atoms with Crippen LogP contribution in [-0.4, -0.2) is 26.5 Å². The van der Waals surface area contributed by atoms with Crippen molar-refractivity contribution in [1.29, 1.82) is 0 Å². The summed E-state index contributed by atoms with van der Waals surface area (Å²) in [5, 5.41) is 3.85. The van der Waals surface area contributed by atoms with E-state index in [1.807, 2.05) is 10.4 Å². The van der Waals surface area contributed by atoms with Crippen LogP contribution in [0, 0.1) is 11.8 Å². The molecule has 0 nitrogen and oxygen atoms in total. The molecule has 0 aromatic carbocycles. The van der Waals surface area contributed by atoms with Crippen LogP contribution >= 0.6 is 0 Å². The van der Waals surface area contributed by atoms with E-state index in [1.165, 1.54) is 0 Å². The van der Waals surface area contributed by atoms with E-state index >= 15 is 0 Å². The summed E-state index contributed by atoms with van der Waals surface area (Å²) in [6.07, 6.45) is 5.21. The van der Waals surface area contributed by atoms with Crippen LogP contribution in [0.25, 0.3) is 0 Å². The second-order valence-electron chi connectivity index (χ2n) is 10.1. The van der Waals surface area contributed by atoms with Crippen LogP contribution in [0.2, 0.25) is 30.8 Å². The Morgan fingerprint density at radius 2 is 1.12 bits per heavy atom. The van der Waals surface area contributed by atoms with Crippen molar-refractivity contribution < 1.29 is 0 Å². The molecule has 24 heavy (non-hydrogen) atoms. The predicted octanol–water partition coefficient (Wildman–Crippen LogP) is 7.06. The van der Waals surface area contributed by atoms with Crippen LogP contribution in [0.3, 0.4) is 0 Å². The van der Waals surface area contributed by atoms with Crippen LogP contribution in [0.5, 0.6) is 0 Å². The average Bonchev–Trinajstić information content (AvgIpc) is 2.97. The number of allylic oxidation sites excluding steroid dienone is 8. The zero-order chi connectivity index (χ0) is 18.2. The molecule has 2 aliphatic carbocycles. The van der Waals surface area contributed by atoms with Crippen LogP contribution < -0.4 is 0 Å². The molecule has 1 heterocycles. The van der Waals surface area contributed by atoms with Crippen molar-refractivity contribution in [2.45, 2.75) is 72.4 Å². The van der Waals surface area contributed by atoms with E-state index in [0.29, 0.717) is 11.8 Å². The van der Waals surface area contributed by atoms with Gasteiger partial charge in [-0.15, -0.1) is 0 Å². The van der Waals surface area contributed by atoms with Gasteiger partial charge in [0.1, 0.15) is 0 Å². The number of fused-ring (bicyclic) bond motifs is 2. The van der Waals surface area contributed by atoms with Crippen molar-refractivity contribution in [3.05, 3.63) is 44.8 Å². The van der Waals surface area contributed by atoms with Gasteiger partial charge >= 0.3 is 156 Å². The van der Waals surface area contributed by atoms with E-state index in [2.05, 4.69) is 76.7 Å². The maximum atomic E-state index is 2.76. The van der Waals surface area contributed by atoms with Gasteiger partial charge in [-0.25, -0.2) is 0 Å². The van der Waals surface area contributed by atoms with Gasteiger partial charge < -0.3 is 0 Å². The zero-order valence-electron chi connectivity index (χ0n) is 17.5. The normalized spacial score (nSPS) is 30.8. The summed E-state index contributed by atoms with van der Waals surface area (Å²) in [7, 11) is -1.53. The number of hydrogen-bond acceptors (Lipinski definition) is 0.